The van der Waals surface area contributed by atoms with Crippen molar-refractivity contribution in [1.29, 1.82) is 0 Å². The van der Waals surface area contributed by atoms with Gasteiger partial charge >= 0.3 is 0 Å². The predicted molar refractivity (Wildman–Crippen MR) is 97.4 cm³/mol. The molecule has 136 valence electrons. The molecule has 0 unspecified atom stereocenters. The number of nitrogens with one attached hydrogen (secondary N) is 1. The smallest absolute Gasteiger partial charge is 0.227 e. The first-order valence-corrected chi connectivity index (χ1v) is 8.43. The summed E-state index contributed by atoms with van der Waals surface area (Å²) < 4.78 is 7.20. The molecule has 25 heavy (non-hydrogen) atoms. The first-order chi connectivity index (χ1) is 11.8. The summed E-state index contributed by atoms with van der Waals surface area (Å²) >= 11 is 0. The van der Waals surface area contributed by atoms with Crippen molar-refractivity contribution in [1.82, 2.24) is 14.8 Å². The number of carbonyl (C=O) groups excluding carboxylic acids is 1. The number of carbonyl (C=O) groups is 1. The van der Waals surface area contributed by atoms with E-state index in [0.717, 1.165) is 5.75 Å². The highest BCUT2D eigenvalue weighted by Gasteiger charge is 2.13. The number of aromatic nitrogens is 3. The van der Waals surface area contributed by atoms with E-state index in [9.17, 15) is 4.79 Å². The highest BCUT2D eigenvalue weighted by molar-refractivity contribution is 5.88. The van der Waals surface area contributed by atoms with Gasteiger partial charge in [-0.05, 0) is 29.5 Å². The van der Waals surface area contributed by atoms with Crippen molar-refractivity contribution in [3.05, 3.63) is 35.7 Å². The van der Waals surface area contributed by atoms with Crippen molar-refractivity contribution in [3.8, 4) is 5.75 Å². The Morgan fingerprint density at radius 2 is 1.96 bits per heavy atom. The number of aryl methyl sites for hydroxylation is 1. The van der Waals surface area contributed by atoms with Gasteiger partial charge in [0.25, 0.3) is 0 Å². The molecule has 0 spiro atoms. The van der Waals surface area contributed by atoms with Crippen LogP contribution in [0.5, 0.6) is 5.75 Å². The molecule has 0 aliphatic rings. The van der Waals surface area contributed by atoms with E-state index in [1.165, 1.54) is 10.2 Å². The minimum absolute atomic E-state index is 0.120. The second-order valence-corrected chi connectivity index (χ2v) is 6.95. The minimum Gasteiger partial charge on any atom is -0.494 e. The van der Waals surface area contributed by atoms with Crippen molar-refractivity contribution < 1.29 is 9.53 Å². The molecule has 0 fully saturated rings. The van der Waals surface area contributed by atoms with Gasteiger partial charge in [-0.15, -0.1) is 0 Å². The van der Waals surface area contributed by atoms with Crippen LogP contribution < -0.4 is 15.8 Å². The SMILES string of the molecule is Cn1nc(CN)nc1NC(=O)CCCOc1ccc(C(C)(C)C)cc1. The third-order valence-electron chi connectivity index (χ3n) is 3.78. The van der Waals surface area contributed by atoms with E-state index in [0.29, 0.717) is 31.2 Å². The van der Waals surface area contributed by atoms with Crippen molar-refractivity contribution >= 4 is 11.9 Å². The average Bonchev–Trinajstić information content (AvgIpc) is 2.91. The summed E-state index contributed by atoms with van der Waals surface area (Å²) in [6.45, 7) is 7.25. The lowest BCUT2D eigenvalue weighted by Gasteiger charge is -2.19. The second kappa shape index (κ2) is 8.11. The molecule has 0 saturated carbocycles. The van der Waals surface area contributed by atoms with E-state index >= 15 is 0 Å². The number of anilines is 1. The van der Waals surface area contributed by atoms with E-state index < -0.39 is 0 Å². The average molecular weight is 345 g/mol. The van der Waals surface area contributed by atoms with Crippen molar-refractivity contribution in [2.75, 3.05) is 11.9 Å². The van der Waals surface area contributed by atoms with Crippen molar-refractivity contribution in [2.24, 2.45) is 12.8 Å². The van der Waals surface area contributed by atoms with E-state index in [1.807, 2.05) is 12.1 Å². The molecule has 0 aliphatic heterocycles. The summed E-state index contributed by atoms with van der Waals surface area (Å²) in [5.41, 5.74) is 6.87. The molecule has 7 nitrogen and oxygen atoms in total. The van der Waals surface area contributed by atoms with Crippen LogP contribution in [-0.4, -0.2) is 27.3 Å². The molecular weight excluding hydrogens is 318 g/mol. The first kappa shape index (κ1) is 18.9. The van der Waals surface area contributed by atoms with Crippen LogP contribution in [0.2, 0.25) is 0 Å². The van der Waals surface area contributed by atoms with Crippen LogP contribution in [0.15, 0.2) is 24.3 Å². The molecule has 2 aromatic rings. The lowest BCUT2D eigenvalue weighted by molar-refractivity contribution is -0.116. The molecule has 1 aromatic carbocycles. The van der Waals surface area contributed by atoms with Gasteiger partial charge in [0.15, 0.2) is 5.82 Å². The van der Waals surface area contributed by atoms with Gasteiger partial charge in [-0.3, -0.25) is 10.1 Å². The largest absolute Gasteiger partial charge is 0.494 e. The number of nitrogens with two attached hydrogens (primary N) is 1. The van der Waals surface area contributed by atoms with Crippen LogP contribution in [0.25, 0.3) is 0 Å². The maximum Gasteiger partial charge on any atom is 0.227 e. The van der Waals surface area contributed by atoms with Gasteiger partial charge in [0.2, 0.25) is 11.9 Å². The molecule has 0 bridgehead atoms. The van der Waals surface area contributed by atoms with Gasteiger partial charge < -0.3 is 10.5 Å². The quantitative estimate of drug-likeness (QED) is 0.751. The zero-order chi connectivity index (χ0) is 18.4. The number of benzene rings is 1. The minimum atomic E-state index is -0.120. The van der Waals surface area contributed by atoms with Crippen molar-refractivity contribution in [2.45, 2.75) is 45.6 Å². The van der Waals surface area contributed by atoms with Crippen LogP contribution >= 0.6 is 0 Å². The molecule has 1 aromatic heterocycles. The van der Waals surface area contributed by atoms with Crippen LogP contribution in [-0.2, 0) is 23.8 Å². The predicted octanol–water partition coefficient (Wildman–Crippen LogP) is 2.37. The number of amides is 1. The Bertz CT molecular complexity index is 701. The Balaban J connectivity index is 1.73. The van der Waals surface area contributed by atoms with Crippen molar-refractivity contribution in [3.63, 3.8) is 0 Å². The number of nitrogens with zero attached hydrogens (tertiary/aromatic N) is 3. The normalized spacial score (nSPS) is 11.4. The summed E-state index contributed by atoms with van der Waals surface area (Å²) in [6.07, 6.45) is 0.972. The summed E-state index contributed by atoms with van der Waals surface area (Å²) in [6, 6.07) is 8.08. The Morgan fingerprint density at radius 1 is 1.28 bits per heavy atom. The Kier molecular flexibility index (Phi) is 6.14. The summed E-state index contributed by atoms with van der Waals surface area (Å²) in [5.74, 6) is 1.60. The molecular formula is C18H27N5O2. The Morgan fingerprint density at radius 3 is 2.52 bits per heavy atom. The highest BCUT2D eigenvalue weighted by Crippen LogP contribution is 2.24. The summed E-state index contributed by atoms with van der Waals surface area (Å²) in [7, 11) is 1.71. The summed E-state index contributed by atoms with van der Waals surface area (Å²) in [4.78, 5) is 16.1. The van der Waals surface area contributed by atoms with E-state index in [1.54, 1.807) is 7.05 Å². The van der Waals surface area contributed by atoms with Crippen LogP contribution in [0, 0.1) is 0 Å². The lowest BCUT2D eigenvalue weighted by atomic mass is 9.87. The molecule has 0 saturated heterocycles. The van der Waals surface area contributed by atoms with Crippen LogP contribution in [0.1, 0.15) is 45.0 Å². The molecule has 1 amide bonds. The Labute approximate surface area is 148 Å². The van der Waals surface area contributed by atoms with Gasteiger partial charge in [0.05, 0.1) is 13.2 Å². The third-order valence-corrected chi connectivity index (χ3v) is 3.78. The lowest BCUT2D eigenvalue weighted by Crippen LogP contribution is -2.16. The molecule has 3 N–H and O–H groups in total. The fraction of sp³-hybridized carbons (Fsp3) is 0.500. The molecule has 0 atom stereocenters. The fourth-order valence-electron chi connectivity index (χ4n) is 2.29. The summed E-state index contributed by atoms with van der Waals surface area (Å²) in [5, 5.41) is 6.81. The first-order valence-electron chi connectivity index (χ1n) is 8.43. The van der Waals surface area contributed by atoms with Gasteiger partial charge in [0.1, 0.15) is 5.75 Å². The zero-order valence-corrected chi connectivity index (χ0v) is 15.4. The number of hydrogen-bond donors (Lipinski definition) is 2. The number of rotatable bonds is 7. The molecule has 2 rings (SSSR count). The fourth-order valence-corrected chi connectivity index (χ4v) is 2.29. The van der Waals surface area contributed by atoms with Crippen LogP contribution in [0.3, 0.4) is 0 Å². The van der Waals surface area contributed by atoms with Gasteiger partial charge in [0, 0.05) is 13.5 Å². The number of hydrogen-bond acceptors (Lipinski definition) is 5. The highest BCUT2D eigenvalue weighted by atomic mass is 16.5. The van der Waals surface area contributed by atoms with Gasteiger partial charge in [-0.25, -0.2) is 4.68 Å². The van der Waals surface area contributed by atoms with E-state index in [4.69, 9.17) is 10.5 Å². The monoisotopic (exact) mass is 345 g/mol. The molecule has 0 radical (unpaired) electrons. The third kappa shape index (κ3) is 5.56. The van der Waals surface area contributed by atoms with Gasteiger partial charge in [-0.1, -0.05) is 32.9 Å². The standard InChI is InChI=1S/C18H27N5O2/c1-18(2,3)13-7-9-14(10-8-13)25-11-5-6-16(24)21-17-20-15(12-19)22-23(17)4/h7-10H,5-6,11-12,19H2,1-4H3,(H,20,21,22,24). The molecule has 7 heteroatoms. The second-order valence-electron chi connectivity index (χ2n) is 6.95. The van der Waals surface area contributed by atoms with E-state index in [2.05, 4.69) is 48.3 Å². The van der Waals surface area contributed by atoms with E-state index in [-0.39, 0.29) is 17.9 Å². The Hall–Kier alpha value is -2.41. The topological polar surface area (TPSA) is 95.1 Å². The maximum atomic E-state index is 11.9. The van der Waals surface area contributed by atoms with Crippen LogP contribution in [0.4, 0.5) is 5.95 Å². The zero-order valence-electron chi connectivity index (χ0n) is 15.4. The molecule has 1 heterocycles. The maximum absolute atomic E-state index is 11.9. The van der Waals surface area contributed by atoms with Gasteiger partial charge in [-0.2, -0.15) is 10.1 Å². The molecule has 0 aliphatic carbocycles. The number of ether oxygens (including phenoxy) is 1.